The summed E-state index contributed by atoms with van der Waals surface area (Å²) < 4.78 is 41.2. The quantitative estimate of drug-likeness (QED) is 0.768. The minimum Gasteiger partial charge on any atom is -0.405 e. The Hall–Kier alpha value is -2.56. The van der Waals surface area contributed by atoms with Crippen molar-refractivity contribution in [2.75, 3.05) is 0 Å². The zero-order valence-electron chi connectivity index (χ0n) is 11.4. The Morgan fingerprint density at radius 2 is 1.68 bits per heavy atom. The van der Waals surface area contributed by atoms with E-state index in [1.807, 2.05) is 12.1 Å². The summed E-state index contributed by atoms with van der Waals surface area (Å²) in [6.45, 7) is 0. The van der Waals surface area contributed by atoms with Gasteiger partial charge in [-0.25, -0.2) is 0 Å². The number of allylic oxidation sites excluding steroid dienone is 1. The molecule has 2 aromatic carbocycles. The molecule has 0 atom stereocenters. The van der Waals surface area contributed by atoms with Crippen LogP contribution in [0.25, 0.3) is 6.08 Å². The molecule has 0 heterocycles. The van der Waals surface area contributed by atoms with Crippen molar-refractivity contribution in [3.8, 4) is 5.75 Å². The standard InChI is InChI=1S/C17H11F3O2/c18-17(19,20)22-15-8-4-2-6-12(15)10-13-9-11-5-1-3-7-14(11)16(13)21/h1-8,10H,9H2/b13-10+. The zero-order valence-corrected chi connectivity index (χ0v) is 11.4. The summed E-state index contributed by atoms with van der Waals surface area (Å²) in [5.41, 5.74) is 2.17. The smallest absolute Gasteiger partial charge is 0.405 e. The molecule has 0 radical (unpaired) electrons. The first-order chi connectivity index (χ1) is 10.4. The zero-order chi connectivity index (χ0) is 15.7. The van der Waals surface area contributed by atoms with Gasteiger partial charge in [0.1, 0.15) is 5.75 Å². The van der Waals surface area contributed by atoms with Crippen LogP contribution < -0.4 is 4.74 Å². The second kappa shape index (κ2) is 5.33. The minimum absolute atomic E-state index is 0.155. The number of rotatable bonds is 2. The summed E-state index contributed by atoms with van der Waals surface area (Å²) in [4.78, 5) is 12.3. The Morgan fingerprint density at radius 1 is 1.00 bits per heavy atom. The second-order valence-electron chi connectivity index (χ2n) is 4.92. The summed E-state index contributed by atoms with van der Waals surface area (Å²) in [6.07, 6.45) is -2.89. The second-order valence-corrected chi connectivity index (χ2v) is 4.92. The Bertz CT molecular complexity index is 760. The molecule has 0 bridgehead atoms. The van der Waals surface area contributed by atoms with Gasteiger partial charge in [0.25, 0.3) is 0 Å². The number of halogens is 3. The molecule has 0 fully saturated rings. The first-order valence-electron chi connectivity index (χ1n) is 6.62. The lowest BCUT2D eigenvalue weighted by atomic mass is 10.1. The predicted molar refractivity (Wildman–Crippen MR) is 75.6 cm³/mol. The number of fused-ring (bicyclic) bond motifs is 1. The van der Waals surface area contributed by atoms with Crippen LogP contribution >= 0.6 is 0 Å². The third kappa shape index (κ3) is 2.88. The number of para-hydroxylation sites is 1. The third-order valence-electron chi connectivity index (χ3n) is 3.41. The van der Waals surface area contributed by atoms with E-state index in [0.29, 0.717) is 17.6 Å². The SMILES string of the molecule is O=C1/C(=C/c2ccccc2OC(F)(F)F)Cc2ccccc21. The van der Waals surface area contributed by atoms with Gasteiger partial charge in [-0.2, -0.15) is 0 Å². The van der Waals surface area contributed by atoms with Crippen molar-refractivity contribution in [3.05, 3.63) is 70.8 Å². The molecule has 0 aromatic heterocycles. The van der Waals surface area contributed by atoms with Crippen LogP contribution in [0.4, 0.5) is 13.2 Å². The average Bonchev–Trinajstić information content (AvgIpc) is 2.77. The molecular formula is C17H11F3O2. The third-order valence-corrected chi connectivity index (χ3v) is 3.41. The molecule has 1 aliphatic carbocycles. The molecule has 2 nitrogen and oxygen atoms in total. The fourth-order valence-corrected chi connectivity index (χ4v) is 2.48. The van der Waals surface area contributed by atoms with E-state index in [1.54, 1.807) is 18.2 Å². The van der Waals surface area contributed by atoms with Crippen LogP contribution in [0.15, 0.2) is 54.1 Å². The number of benzene rings is 2. The number of ketones is 1. The van der Waals surface area contributed by atoms with E-state index >= 15 is 0 Å². The first-order valence-corrected chi connectivity index (χ1v) is 6.62. The van der Waals surface area contributed by atoms with E-state index in [9.17, 15) is 18.0 Å². The molecule has 0 aliphatic heterocycles. The molecule has 5 heteroatoms. The van der Waals surface area contributed by atoms with E-state index in [4.69, 9.17) is 0 Å². The summed E-state index contributed by atoms with van der Waals surface area (Å²) in [6, 6.07) is 12.9. The van der Waals surface area contributed by atoms with Crippen molar-refractivity contribution >= 4 is 11.9 Å². The fraction of sp³-hybridized carbons (Fsp3) is 0.118. The van der Waals surface area contributed by atoms with Gasteiger partial charge in [0.05, 0.1) is 0 Å². The van der Waals surface area contributed by atoms with Crippen LogP contribution in [0.2, 0.25) is 0 Å². The Balaban J connectivity index is 1.96. The number of Topliss-reactive ketones (excluding diaryl/α,β-unsaturated/α-hetero) is 1. The van der Waals surface area contributed by atoms with Gasteiger partial charge in [-0.05, 0) is 17.7 Å². The molecule has 3 rings (SSSR count). The van der Waals surface area contributed by atoms with Gasteiger partial charge >= 0.3 is 6.36 Å². The van der Waals surface area contributed by atoms with Crippen LogP contribution in [-0.4, -0.2) is 12.1 Å². The van der Waals surface area contributed by atoms with E-state index in [1.165, 1.54) is 24.3 Å². The van der Waals surface area contributed by atoms with Crippen molar-refractivity contribution in [1.82, 2.24) is 0 Å². The largest absolute Gasteiger partial charge is 0.573 e. The van der Waals surface area contributed by atoms with Crippen molar-refractivity contribution in [3.63, 3.8) is 0 Å². The molecule has 112 valence electrons. The molecule has 0 amide bonds. The van der Waals surface area contributed by atoms with Crippen LogP contribution in [0, 0.1) is 0 Å². The Kier molecular flexibility index (Phi) is 3.48. The Labute approximate surface area is 124 Å². The van der Waals surface area contributed by atoms with Gasteiger partial charge in [-0.1, -0.05) is 42.5 Å². The van der Waals surface area contributed by atoms with Gasteiger partial charge in [0.15, 0.2) is 5.78 Å². The van der Waals surface area contributed by atoms with Gasteiger partial charge in [-0.3, -0.25) is 4.79 Å². The maximum Gasteiger partial charge on any atom is 0.573 e. The number of alkyl halides is 3. The van der Waals surface area contributed by atoms with Crippen molar-refractivity contribution in [2.45, 2.75) is 12.8 Å². The van der Waals surface area contributed by atoms with E-state index < -0.39 is 6.36 Å². The number of carbonyl (C=O) groups is 1. The number of carbonyl (C=O) groups excluding carboxylic acids is 1. The molecule has 22 heavy (non-hydrogen) atoms. The van der Waals surface area contributed by atoms with Gasteiger partial charge < -0.3 is 4.74 Å². The van der Waals surface area contributed by atoms with Gasteiger partial charge in [-0.15, -0.1) is 13.2 Å². The van der Waals surface area contributed by atoms with Crippen molar-refractivity contribution < 1.29 is 22.7 Å². The summed E-state index contributed by atoms with van der Waals surface area (Å²) in [7, 11) is 0. The van der Waals surface area contributed by atoms with Crippen molar-refractivity contribution in [1.29, 1.82) is 0 Å². The predicted octanol–water partition coefficient (Wildman–Crippen LogP) is 4.41. The number of hydrogen-bond acceptors (Lipinski definition) is 2. The topological polar surface area (TPSA) is 26.3 Å². The maximum atomic E-state index is 12.4. The highest BCUT2D eigenvalue weighted by Gasteiger charge is 2.32. The van der Waals surface area contributed by atoms with Crippen LogP contribution in [0.3, 0.4) is 0 Å². The van der Waals surface area contributed by atoms with E-state index in [0.717, 1.165) is 5.56 Å². The molecule has 0 spiro atoms. The van der Waals surface area contributed by atoms with Crippen LogP contribution in [-0.2, 0) is 6.42 Å². The van der Waals surface area contributed by atoms with Crippen LogP contribution in [0.1, 0.15) is 21.5 Å². The lowest BCUT2D eigenvalue weighted by Crippen LogP contribution is -2.17. The summed E-state index contributed by atoms with van der Waals surface area (Å²) in [5.74, 6) is -0.469. The van der Waals surface area contributed by atoms with Crippen LogP contribution in [0.5, 0.6) is 5.75 Å². The molecule has 2 aromatic rings. The van der Waals surface area contributed by atoms with Crippen molar-refractivity contribution in [2.24, 2.45) is 0 Å². The number of ether oxygens (including phenoxy) is 1. The highest BCUT2D eigenvalue weighted by molar-refractivity contribution is 6.15. The lowest BCUT2D eigenvalue weighted by Gasteiger charge is -2.11. The monoisotopic (exact) mass is 304 g/mol. The molecule has 0 saturated carbocycles. The molecule has 0 N–H and O–H groups in total. The maximum absolute atomic E-state index is 12.4. The van der Waals surface area contributed by atoms with Gasteiger partial charge in [0.2, 0.25) is 0 Å². The minimum atomic E-state index is -4.77. The molecular weight excluding hydrogens is 293 g/mol. The molecule has 1 aliphatic rings. The first kappa shape index (κ1) is 14.4. The van der Waals surface area contributed by atoms with E-state index in [-0.39, 0.29) is 17.1 Å². The highest BCUT2D eigenvalue weighted by atomic mass is 19.4. The lowest BCUT2D eigenvalue weighted by molar-refractivity contribution is -0.274. The summed E-state index contributed by atoms with van der Waals surface area (Å²) >= 11 is 0. The Morgan fingerprint density at radius 3 is 2.41 bits per heavy atom. The van der Waals surface area contributed by atoms with Gasteiger partial charge in [0, 0.05) is 23.1 Å². The van der Waals surface area contributed by atoms with E-state index in [2.05, 4.69) is 4.74 Å². The fourth-order valence-electron chi connectivity index (χ4n) is 2.48. The molecule has 0 unspecified atom stereocenters. The normalized spacial score (nSPS) is 16.0. The highest BCUT2D eigenvalue weighted by Crippen LogP contribution is 2.31. The average molecular weight is 304 g/mol. The summed E-state index contributed by atoms with van der Waals surface area (Å²) in [5, 5.41) is 0. The molecule has 0 saturated heterocycles. The number of hydrogen-bond donors (Lipinski definition) is 0.